The summed E-state index contributed by atoms with van der Waals surface area (Å²) in [6.45, 7) is 1.95. The van der Waals surface area contributed by atoms with Gasteiger partial charge in [-0.3, -0.25) is 0 Å². The van der Waals surface area contributed by atoms with Crippen molar-refractivity contribution in [2.45, 2.75) is 13.5 Å². The predicted molar refractivity (Wildman–Crippen MR) is 111 cm³/mol. The number of benzene rings is 3. The number of aromatic nitrogens is 1. The first kappa shape index (κ1) is 20.5. The van der Waals surface area contributed by atoms with Gasteiger partial charge in [-0.25, -0.2) is 18.0 Å². The van der Waals surface area contributed by atoms with Crippen molar-refractivity contribution < 1.29 is 27.8 Å². The van der Waals surface area contributed by atoms with E-state index >= 15 is 0 Å². The molecule has 0 bridgehead atoms. The Bertz CT molecular complexity index is 1300. The quantitative estimate of drug-likeness (QED) is 0.420. The lowest BCUT2D eigenvalue weighted by Gasteiger charge is -2.11. The van der Waals surface area contributed by atoms with E-state index in [9.17, 15) is 23.1 Å². The van der Waals surface area contributed by atoms with E-state index in [0.29, 0.717) is 23.3 Å². The number of hydrogen-bond acceptors (Lipinski definition) is 2. The number of halogens is 3. The van der Waals surface area contributed by atoms with Crippen LogP contribution in [-0.4, -0.2) is 22.2 Å². The Kier molecular flexibility index (Phi) is 5.42. The Morgan fingerprint density at radius 2 is 1.77 bits per heavy atom. The molecule has 1 N–H and O–H groups in total. The van der Waals surface area contributed by atoms with Crippen LogP contribution in [0, 0.1) is 17.5 Å². The molecule has 1 heterocycles. The van der Waals surface area contributed by atoms with Crippen LogP contribution in [0.4, 0.5) is 13.2 Å². The first-order valence-corrected chi connectivity index (χ1v) is 9.61. The second kappa shape index (κ2) is 8.18. The molecule has 4 rings (SSSR count). The zero-order valence-electron chi connectivity index (χ0n) is 16.5. The largest absolute Gasteiger partial charge is 0.494 e. The van der Waals surface area contributed by atoms with Crippen LogP contribution >= 0.6 is 0 Å². The molecule has 0 aliphatic carbocycles. The van der Waals surface area contributed by atoms with Crippen molar-refractivity contribution in [3.8, 4) is 16.9 Å². The lowest BCUT2D eigenvalue weighted by atomic mass is 10.0. The number of carboxylic acid groups (broad SMARTS) is 1. The molecule has 0 saturated carbocycles. The first-order valence-electron chi connectivity index (χ1n) is 9.61. The predicted octanol–water partition coefficient (Wildman–Crippen LogP) is 5.87. The van der Waals surface area contributed by atoms with Crippen LogP contribution in [0.1, 0.15) is 23.0 Å². The number of carboxylic acids is 1. The molecule has 7 heteroatoms. The molecule has 0 saturated heterocycles. The Labute approximate surface area is 176 Å². The molecule has 0 amide bonds. The molecule has 0 aliphatic rings. The highest BCUT2D eigenvalue weighted by molar-refractivity contribution is 6.08. The summed E-state index contributed by atoms with van der Waals surface area (Å²) < 4.78 is 49.7. The fourth-order valence-electron chi connectivity index (χ4n) is 3.75. The zero-order chi connectivity index (χ0) is 22.1. The van der Waals surface area contributed by atoms with Gasteiger partial charge in [0.25, 0.3) is 0 Å². The maximum absolute atomic E-state index is 14.7. The number of aromatic carboxylic acids is 1. The molecular formula is C24H18F3NO3. The third kappa shape index (κ3) is 3.74. The number of ether oxygens (including phenoxy) is 1. The highest BCUT2D eigenvalue weighted by Crippen LogP contribution is 2.38. The van der Waals surface area contributed by atoms with Crippen molar-refractivity contribution in [1.29, 1.82) is 0 Å². The molecular weight excluding hydrogens is 407 g/mol. The van der Waals surface area contributed by atoms with Crippen LogP contribution in [-0.2, 0) is 6.54 Å². The fraction of sp³-hybridized carbons (Fsp3) is 0.125. The van der Waals surface area contributed by atoms with Gasteiger partial charge in [0.2, 0.25) is 0 Å². The van der Waals surface area contributed by atoms with Crippen LogP contribution in [0.5, 0.6) is 5.75 Å². The van der Waals surface area contributed by atoms with Crippen LogP contribution in [0.15, 0.2) is 60.7 Å². The first-order chi connectivity index (χ1) is 14.9. The molecule has 1 aromatic heterocycles. The highest BCUT2D eigenvalue weighted by Gasteiger charge is 2.26. The minimum absolute atomic E-state index is 0.0200. The normalized spacial score (nSPS) is 11.1. The Hall–Kier alpha value is -3.74. The summed E-state index contributed by atoms with van der Waals surface area (Å²) in [6.07, 6.45) is 0. The molecule has 0 aliphatic heterocycles. The van der Waals surface area contributed by atoms with Crippen molar-refractivity contribution in [3.63, 3.8) is 0 Å². The van der Waals surface area contributed by atoms with Gasteiger partial charge in [-0.2, -0.15) is 0 Å². The molecule has 0 spiro atoms. The van der Waals surface area contributed by atoms with Gasteiger partial charge in [-0.15, -0.1) is 0 Å². The van der Waals surface area contributed by atoms with Crippen molar-refractivity contribution >= 4 is 16.9 Å². The van der Waals surface area contributed by atoms with Crippen molar-refractivity contribution in [2.24, 2.45) is 0 Å². The van der Waals surface area contributed by atoms with Gasteiger partial charge in [0.1, 0.15) is 28.9 Å². The average Bonchev–Trinajstić information content (AvgIpc) is 3.05. The third-order valence-corrected chi connectivity index (χ3v) is 5.03. The van der Waals surface area contributed by atoms with Crippen LogP contribution < -0.4 is 4.74 Å². The van der Waals surface area contributed by atoms with Gasteiger partial charge in [0.05, 0.1) is 13.2 Å². The molecule has 31 heavy (non-hydrogen) atoms. The summed E-state index contributed by atoms with van der Waals surface area (Å²) in [6, 6.07) is 13.7. The van der Waals surface area contributed by atoms with Crippen LogP contribution in [0.25, 0.3) is 22.0 Å². The van der Waals surface area contributed by atoms with Gasteiger partial charge in [0, 0.05) is 27.6 Å². The third-order valence-electron chi connectivity index (χ3n) is 5.03. The van der Waals surface area contributed by atoms with Gasteiger partial charge in [-0.05, 0) is 49.4 Å². The van der Waals surface area contributed by atoms with E-state index in [4.69, 9.17) is 4.74 Å². The molecule has 0 fully saturated rings. The lowest BCUT2D eigenvalue weighted by Crippen LogP contribution is -2.12. The van der Waals surface area contributed by atoms with Crippen molar-refractivity contribution in [2.75, 3.05) is 6.61 Å². The maximum atomic E-state index is 14.7. The zero-order valence-corrected chi connectivity index (χ0v) is 16.5. The number of rotatable bonds is 6. The molecule has 3 aromatic carbocycles. The fourth-order valence-corrected chi connectivity index (χ4v) is 3.75. The molecule has 0 unspecified atom stereocenters. The summed E-state index contributed by atoms with van der Waals surface area (Å²) in [5.41, 5.74) is 0.435. The summed E-state index contributed by atoms with van der Waals surface area (Å²) in [4.78, 5) is 12.3. The second-order valence-corrected chi connectivity index (χ2v) is 6.94. The summed E-state index contributed by atoms with van der Waals surface area (Å²) in [5.74, 6) is -2.73. The SMILES string of the molecule is CCOc1ccc2c(c1)c(-c1ccccc1F)c(C(=O)O)n2Cc1cc(F)ccc1F. The van der Waals surface area contributed by atoms with E-state index < -0.39 is 23.4 Å². The number of fused-ring (bicyclic) bond motifs is 1. The molecule has 0 atom stereocenters. The average molecular weight is 425 g/mol. The summed E-state index contributed by atoms with van der Waals surface area (Å²) in [5, 5.41) is 10.5. The minimum atomic E-state index is -1.32. The van der Waals surface area contributed by atoms with Gasteiger partial charge in [0.15, 0.2) is 0 Å². The van der Waals surface area contributed by atoms with E-state index in [1.54, 1.807) is 24.3 Å². The molecule has 4 aromatic rings. The standard InChI is InChI=1S/C24H18F3NO3/c1-2-31-16-8-10-21-18(12-16)22(17-5-3-4-6-20(17)27)23(24(29)30)28(21)13-14-11-15(25)7-9-19(14)26/h3-12H,2,13H2,1H3,(H,29,30). The number of nitrogens with zero attached hydrogens (tertiary/aromatic N) is 1. The second-order valence-electron chi connectivity index (χ2n) is 6.94. The Morgan fingerprint density at radius 3 is 2.48 bits per heavy atom. The Balaban J connectivity index is 2.06. The van der Waals surface area contributed by atoms with E-state index in [1.807, 2.05) is 6.92 Å². The van der Waals surface area contributed by atoms with Gasteiger partial charge >= 0.3 is 5.97 Å². The lowest BCUT2D eigenvalue weighted by molar-refractivity contribution is 0.0687. The highest BCUT2D eigenvalue weighted by atomic mass is 19.1. The van der Waals surface area contributed by atoms with Gasteiger partial charge in [-0.1, -0.05) is 18.2 Å². The van der Waals surface area contributed by atoms with E-state index in [-0.39, 0.29) is 28.9 Å². The molecule has 158 valence electrons. The summed E-state index contributed by atoms with van der Waals surface area (Å²) >= 11 is 0. The molecule has 4 nitrogen and oxygen atoms in total. The van der Waals surface area contributed by atoms with Crippen LogP contribution in [0.3, 0.4) is 0 Å². The number of carbonyl (C=O) groups is 1. The maximum Gasteiger partial charge on any atom is 0.353 e. The topological polar surface area (TPSA) is 51.5 Å². The minimum Gasteiger partial charge on any atom is -0.494 e. The van der Waals surface area contributed by atoms with E-state index in [1.165, 1.54) is 22.8 Å². The molecule has 0 radical (unpaired) electrons. The van der Waals surface area contributed by atoms with E-state index in [2.05, 4.69) is 0 Å². The Morgan fingerprint density at radius 1 is 1.00 bits per heavy atom. The smallest absolute Gasteiger partial charge is 0.353 e. The monoisotopic (exact) mass is 425 g/mol. The summed E-state index contributed by atoms with van der Waals surface area (Å²) in [7, 11) is 0. The van der Waals surface area contributed by atoms with Crippen molar-refractivity contribution in [3.05, 3.63) is 89.4 Å². The van der Waals surface area contributed by atoms with Gasteiger partial charge < -0.3 is 14.4 Å². The van der Waals surface area contributed by atoms with Crippen molar-refractivity contribution in [1.82, 2.24) is 4.57 Å². The van der Waals surface area contributed by atoms with Crippen LogP contribution in [0.2, 0.25) is 0 Å². The van der Waals surface area contributed by atoms with E-state index in [0.717, 1.165) is 18.2 Å². The number of hydrogen-bond donors (Lipinski definition) is 1.